The van der Waals surface area contributed by atoms with Crippen LogP contribution in [0, 0.1) is 5.92 Å². The van der Waals surface area contributed by atoms with Crippen LogP contribution in [0.4, 0.5) is 0 Å². The van der Waals surface area contributed by atoms with Crippen molar-refractivity contribution in [3.8, 4) is 11.5 Å². The van der Waals surface area contributed by atoms with Crippen LogP contribution in [-0.4, -0.2) is 11.9 Å². The van der Waals surface area contributed by atoms with Crippen molar-refractivity contribution in [2.75, 3.05) is 0 Å². The summed E-state index contributed by atoms with van der Waals surface area (Å²) in [6, 6.07) is 7.65. The van der Waals surface area contributed by atoms with E-state index in [9.17, 15) is 9.59 Å². The van der Waals surface area contributed by atoms with E-state index < -0.39 is 11.9 Å². The van der Waals surface area contributed by atoms with E-state index in [1.807, 2.05) is 24.3 Å². The molecule has 0 spiro atoms. The van der Waals surface area contributed by atoms with Crippen LogP contribution in [0.15, 0.2) is 48.6 Å². The van der Waals surface area contributed by atoms with Crippen LogP contribution >= 0.6 is 0 Å². The van der Waals surface area contributed by atoms with Gasteiger partial charge in [-0.05, 0) is 39.0 Å². The zero-order valence-corrected chi connectivity index (χ0v) is 21.0. The number of benzene rings is 2. The van der Waals surface area contributed by atoms with Gasteiger partial charge in [-0.1, -0.05) is 89.3 Å². The number of ether oxygens (including phenoxy) is 2. The molecule has 1 atom stereocenters. The Bertz CT molecular complexity index is 1080. The molecule has 0 saturated carbocycles. The first-order valence-electron chi connectivity index (χ1n) is 12.6. The van der Waals surface area contributed by atoms with Gasteiger partial charge in [-0.25, -0.2) is 9.59 Å². The van der Waals surface area contributed by atoms with Crippen LogP contribution in [0.2, 0.25) is 0 Å². The third-order valence-corrected chi connectivity index (χ3v) is 6.68. The van der Waals surface area contributed by atoms with Crippen molar-refractivity contribution in [2.24, 2.45) is 5.92 Å². The predicted molar refractivity (Wildman–Crippen MR) is 138 cm³/mol. The number of rotatable bonds is 11. The molecule has 182 valence electrons. The first kappa shape index (κ1) is 25.7. The van der Waals surface area contributed by atoms with Gasteiger partial charge in [0.25, 0.3) is 0 Å². The molecule has 0 fully saturated rings. The average Bonchev–Trinajstić information content (AvgIpc) is 2.82. The molecule has 4 heteroatoms. The highest BCUT2D eigenvalue weighted by molar-refractivity contribution is 6.01. The van der Waals surface area contributed by atoms with Gasteiger partial charge in [0.2, 0.25) is 0 Å². The van der Waals surface area contributed by atoms with Gasteiger partial charge in [0.15, 0.2) is 0 Å². The van der Waals surface area contributed by atoms with Crippen molar-refractivity contribution in [3.63, 3.8) is 0 Å². The molecule has 0 aromatic heterocycles. The van der Waals surface area contributed by atoms with Crippen molar-refractivity contribution in [1.29, 1.82) is 0 Å². The summed E-state index contributed by atoms with van der Waals surface area (Å²) in [5.74, 6) is 0.810. The molecule has 2 aromatic rings. The summed E-state index contributed by atoms with van der Waals surface area (Å²) in [7, 11) is 0. The molecule has 4 nitrogen and oxygen atoms in total. The van der Waals surface area contributed by atoms with Gasteiger partial charge in [0.1, 0.15) is 11.5 Å². The van der Waals surface area contributed by atoms with Crippen LogP contribution in [0.3, 0.4) is 0 Å². The Morgan fingerprint density at radius 1 is 0.853 bits per heavy atom. The molecule has 0 aliphatic heterocycles. The molecule has 3 rings (SSSR count). The summed E-state index contributed by atoms with van der Waals surface area (Å²) in [6.07, 6.45) is 11.5. The Hall–Kier alpha value is -2.88. The van der Waals surface area contributed by atoms with Gasteiger partial charge in [-0.15, -0.1) is 0 Å². The number of fused-ring (bicyclic) bond motifs is 2. The fourth-order valence-electron chi connectivity index (χ4n) is 4.75. The molecule has 1 aliphatic rings. The smallest absolute Gasteiger partial charge is 0.338 e. The van der Waals surface area contributed by atoms with Gasteiger partial charge in [0, 0.05) is 33.0 Å². The zero-order valence-electron chi connectivity index (χ0n) is 21.0. The standard InChI is InChI=1S/C30H38O4/c1-6-7-8-9-10-11-14-22-17-18-25-26(19-22)28(34-30(32)21(4)5)24-16-13-12-15-23(24)27(25)33-29(31)20(2)3/h12-13,15-16,22H,2,4,6-11,14,17-19H2,1,3,5H3. The van der Waals surface area contributed by atoms with Crippen molar-refractivity contribution in [3.05, 3.63) is 59.7 Å². The molecule has 0 saturated heterocycles. The van der Waals surface area contributed by atoms with Crippen molar-refractivity contribution >= 4 is 22.7 Å². The Morgan fingerprint density at radius 2 is 1.38 bits per heavy atom. The average molecular weight is 463 g/mol. The molecular formula is C30H38O4. The molecule has 1 unspecified atom stereocenters. The molecule has 1 aliphatic carbocycles. The van der Waals surface area contributed by atoms with Gasteiger partial charge in [-0.3, -0.25) is 0 Å². The van der Waals surface area contributed by atoms with E-state index in [2.05, 4.69) is 20.1 Å². The largest absolute Gasteiger partial charge is 0.422 e. The van der Waals surface area contributed by atoms with Crippen molar-refractivity contribution in [1.82, 2.24) is 0 Å². The predicted octanol–water partition coefficient (Wildman–Crippen LogP) is 7.66. The highest BCUT2D eigenvalue weighted by Gasteiger charge is 2.30. The van der Waals surface area contributed by atoms with Crippen LogP contribution in [0.5, 0.6) is 11.5 Å². The molecule has 0 radical (unpaired) electrons. The van der Waals surface area contributed by atoms with Crippen LogP contribution < -0.4 is 9.47 Å². The normalized spacial score (nSPS) is 15.0. The maximum atomic E-state index is 12.6. The van der Waals surface area contributed by atoms with Gasteiger partial charge >= 0.3 is 11.9 Å². The molecule has 34 heavy (non-hydrogen) atoms. The summed E-state index contributed by atoms with van der Waals surface area (Å²) < 4.78 is 11.8. The second-order valence-corrected chi connectivity index (χ2v) is 9.67. The van der Waals surface area contributed by atoms with Gasteiger partial charge in [-0.2, -0.15) is 0 Å². The minimum atomic E-state index is -0.437. The highest BCUT2D eigenvalue weighted by Crippen LogP contribution is 2.46. The number of hydrogen-bond acceptors (Lipinski definition) is 4. The van der Waals surface area contributed by atoms with Crippen molar-refractivity contribution < 1.29 is 19.1 Å². The fourth-order valence-corrected chi connectivity index (χ4v) is 4.75. The molecule has 0 bridgehead atoms. The van der Waals surface area contributed by atoms with E-state index in [0.29, 0.717) is 28.6 Å². The summed E-state index contributed by atoms with van der Waals surface area (Å²) in [6.45, 7) is 13.0. The van der Waals surface area contributed by atoms with E-state index >= 15 is 0 Å². The first-order valence-corrected chi connectivity index (χ1v) is 12.6. The zero-order chi connectivity index (χ0) is 24.7. The minimum absolute atomic E-state index is 0.354. The van der Waals surface area contributed by atoms with Crippen LogP contribution in [-0.2, 0) is 22.4 Å². The van der Waals surface area contributed by atoms with E-state index in [1.165, 1.54) is 38.5 Å². The number of carbonyl (C=O) groups excluding carboxylic acids is 2. The third-order valence-electron chi connectivity index (χ3n) is 6.68. The van der Waals surface area contributed by atoms with Crippen molar-refractivity contribution in [2.45, 2.75) is 85.0 Å². The summed E-state index contributed by atoms with van der Waals surface area (Å²) >= 11 is 0. The summed E-state index contributed by atoms with van der Waals surface area (Å²) in [5, 5.41) is 1.55. The SMILES string of the molecule is C=C(C)C(=O)Oc1c2c(c(OC(=O)C(=C)C)c3ccccc13)CC(CCCCCCCC)CC2. The lowest BCUT2D eigenvalue weighted by atomic mass is 9.79. The second kappa shape index (κ2) is 12.0. The maximum Gasteiger partial charge on any atom is 0.338 e. The Balaban J connectivity index is 1.97. The van der Waals surface area contributed by atoms with Crippen LogP contribution in [0.25, 0.3) is 10.8 Å². The second-order valence-electron chi connectivity index (χ2n) is 9.67. The number of unbranched alkanes of at least 4 members (excludes halogenated alkanes) is 5. The topological polar surface area (TPSA) is 52.6 Å². The monoisotopic (exact) mass is 462 g/mol. The number of carbonyl (C=O) groups is 2. The molecular weight excluding hydrogens is 424 g/mol. The molecule has 0 N–H and O–H groups in total. The summed E-state index contributed by atoms with van der Waals surface area (Å²) in [5.41, 5.74) is 2.67. The number of hydrogen-bond donors (Lipinski definition) is 0. The fraction of sp³-hybridized carbons (Fsp3) is 0.467. The van der Waals surface area contributed by atoms with Crippen LogP contribution in [0.1, 0.15) is 83.3 Å². The molecule has 0 amide bonds. The Labute approximate surface area is 204 Å². The lowest BCUT2D eigenvalue weighted by Crippen LogP contribution is -2.20. The minimum Gasteiger partial charge on any atom is -0.422 e. The maximum absolute atomic E-state index is 12.6. The van der Waals surface area contributed by atoms with E-state index in [0.717, 1.165) is 47.6 Å². The highest BCUT2D eigenvalue weighted by atomic mass is 16.5. The lowest BCUT2D eigenvalue weighted by molar-refractivity contribution is -0.131. The lowest BCUT2D eigenvalue weighted by Gasteiger charge is -2.29. The van der Waals surface area contributed by atoms with E-state index in [1.54, 1.807) is 13.8 Å². The summed E-state index contributed by atoms with van der Waals surface area (Å²) in [4.78, 5) is 25.0. The third kappa shape index (κ3) is 6.16. The first-order chi connectivity index (χ1) is 16.3. The van der Waals surface area contributed by atoms with Gasteiger partial charge < -0.3 is 9.47 Å². The van der Waals surface area contributed by atoms with E-state index in [-0.39, 0.29) is 0 Å². The molecule has 0 heterocycles. The quantitative estimate of drug-likeness (QED) is 0.149. The Morgan fingerprint density at radius 3 is 1.94 bits per heavy atom. The Kier molecular flexibility index (Phi) is 9.09. The van der Waals surface area contributed by atoms with E-state index in [4.69, 9.17) is 9.47 Å². The molecule has 2 aromatic carbocycles. The number of esters is 2. The van der Waals surface area contributed by atoms with Gasteiger partial charge in [0.05, 0.1) is 0 Å².